The molecule has 6 heteroatoms. The molecule has 1 amide bonds. The van der Waals surface area contributed by atoms with Crippen molar-refractivity contribution >= 4 is 29.3 Å². The maximum atomic E-state index is 11.9. The molecule has 0 aliphatic heterocycles. The third-order valence-corrected chi connectivity index (χ3v) is 4.74. The molecule has 0 spiro atoms. The number of carbonyl (C=O) groups excluding carboxylic acids is 1. The van der Waals surface area contributed by atoms with Crippen LogP contribution in [0.25, 0.3) is 0 Å². The highest BCUT2D eigenvalue weighted by molar-refractivity contribution is 7.99. The van der Waals surface area contributed by atoms with Crippen LogP contribution < -0.4 is 10.1 Å². The number of ether oxygens (including phenoxy) is 1. The molecule has 1 rings (SSSR count). The number of halogens is 1. The summed E-state index contributed by atoms with van der Waals surface area (Å²) < 4.78 is 5.09. The minimum absolute atomic E-state index is 0.0179. The minimum atomic E-state index is -0.0584. The molecule has 1 aromatic rings. The number of thioether (sulfide) groups is 1. The van der Waals surface area contributed by atoms with Crippen molar-refractivity contribution in [1.29, 1.82) is 0 Å². The van der Waals surface area contributed by atoms with Crippen LogP contribution >= 0.6 is 23.4 Å². The Morgan fingerprint density at radius 2 is 2.24 bits per heavy atom. The number of methoxy groups -OCH3 is 1. The van der Waals surface area contributed by atoms with Crippen molar-refractivity contribution in [2.24, 2.45) is 0 Å². The summed E-state index contributed by atoms with van der Waals surface area (Å²) in [5.41, 5.74) is 0.993. The Kier molecular flexibility index (Phi) is 7.93. The number of rotatable bonds is 8. The Hall–Kier alpha value is -0.910. The van der Waals surface area contributed by atoms with Crippen molar-refractivity contribution in [3.05, 3.63) is 28.8 Å². The number of hydrogen-bond acceptors (Lipinski definition) is 4. The fourth-order valence-electron chi connectivity index (χ4n) is 1.98. The zero-order valence-electron chi connectivity index (χ0n) is 12.6. The van der Waals surface area contributed by atoms with E-state index in [0.717, 1.165) is 5.56 Å². The van der Waals surface area contributed by atoms with Gasteiger partial charge in [-0.3, -0.25) is 4.79 Å². The number of hydrogen-bond donors (Lipinski definition) is 2. The lowest BCUT2D eigenvalue weighted by Gasteiger charge is -2.21. The predicted molar refractivity (Wildman–Crippen MR) is 88.3 cm³/mol. The van der Waals surface area contributed by atoms with Gasteiger partial charge in [0.1, 0.15) is 5.75 Å². The molecule has 118 valence electrons. The Morgan fingerprint density at radius 3 is 2.76 bits per heavy atom. The largest absolute Gasteiger partial charge is 0.495 e. The van der Waals surface area contributed by atoms with Gasteiger partial charge >= 0.3 is 0 Å². The van der Waals surface area contributed by atoms with Crippen LogP contribution in [0.4, 0.5) is 0 Å². The maximum absolute atomic E-state index is 11.9. The van der Waals surface area contributed by atoms with Gasteiger partial charge in [0.25, 0.3) is 0 Å². The van der Waals surface area contributed by atoms with Crippen molar-refractivity contribution in [3.8, 4) is 5.75 Å². The Bertz CT molecular complexity index is 466. The molecular weight excluding hydrogens is 310 g/mol. The Labute approximate surface area is 135 Å². The van der Waals surface area contributed by atoms with Crippen molar-refractivity contribution in [1.82, 2.24) is 5.32 Å². The van der Waals surface area contributed by atoms with Crippen molar-refractivity contribution in [3.63, 3.8) is 0 Å². The van der Waals surface area contributed by atoms with E-state index in [0.29, 0.717) is 23.6 Å². The van der Waals surface area contributed by atoms with Gasteiger partial charge < -0.3 is 15.2 Å². The van der Waals surface area contributed by atoms with Gasteiger partial charge in [0.15, 0.2) is 0 Å². The van der Waals surface area contributed by atoms with Gasteiger partial charge in [0, 0.05) is 17.7 Å². The smallest absolute Gasteiger partial charge is 0.220 e. The van der Waals surface area contributed by atoms with E-state index < -0.39 is 0 Å². The topological polar surface area (TPSA) is 58.6 Å². The van der Waals surface area contributed by atoms with E-state index in [1.807, 2.05) is 25.3 Å². The summed E-state index contributed by atoms with van der Waals surface area (Å²) >= 11 is 7.60. The third-order valence-electron chi connectivity index (χ3n) is 3.29. The molecule has 0 fully saturated rings. The van der Waals surface area contributed by atoms with Crippen LogP contribution in [0.2, 0.25) is 5.02 Å². The molecule has 0 heterocycles. The first-order valence-electron chi connectivity index (χ1n) is 6.77. The average Bonchev–Trinajstić information content (AvgIpc) is 2.46. The van der Waals surface area contributed by atoms with Crippen molar-refractivity contribution in [2.45, 2.75) is 31.1 Å². The second-order valence-electron chi connectivity index (χ2n) is 4.78. The summed E-state index contributed by atoms with van der Waals surface area (Å²) in [6.07, 6.45) is 2.92. The standard InChI is InChI=1S/C15H22ClNO3S/c1-10(14(9-18)21-3)17-15(19)7-5-11-4-6-13(20-2)12(16)8-11/h4,6,8,10,14,18H,5,7,9H2,1-3H3,(H,17,19). The van der Waals surface area contributed by atoms with Crippen LogP contribution in [-0.2, 0) is 11.2 Å². The number of benzene rings is 1. The number of aliphatic hydroxyl groups excluding tert-OH is 1. The molecule has 0 aromatic heterocycles. The summed E-state index contributed by atoms with van der Waals surface area (Å²) in [7, 11) is 1.57. The van der Waals surface area contributed by atoms with Crippen molar-refractivity contribution < 1.29 is 14.6 Å². The fourth-order valence-corrected chi connectivity index (χ4v) is 2.88. The highest BCUT2D eigenvalue weighted by Gasteiger charge is 2.17. The van der Waals surface area contributed by atoms with Gasteiger partial charge in [-0.25, -0.2) is 0 Å². The molecule has 0 bridgehead atoms. The summed E-state index contributed by atoms with van der Waals surface area (Å²) in [5.74, 6) is 0.603. The first-order valence-corrected chi connectivity index (χ1v) is 8.43. The zero-order valence-corrected chi connectivity index (χ0v) is 14.1. The van der Waals surface area contributed by atoms with Crippen LogP contribution in [0, 0.1) is 0 Å². The Morgan fingerprint density at radius 1 is 1.52 bits per heavy atom. The molecule has 2 N–H and O–H groups in total. The van der Waals surface area contributed by atoms with Gasteiger partial charge in [-0.15, -0.1) is 0 Å². The second-order valence-corrected chi connectivity index (χ2v) is 6.27. The molecule has 1 aromatic carbocycles. The van der Waals surface area contributed by atoms with Crippen LogP contribution in [0.5, 0.6) is 5.75 Å². The van der Waals surface area contributed by atoms with E-state index in [1.54, 1.807) is 24.9 Å². The van der Waals surface area contributed by atoms with Gasteiger partial charge in [-0.1, -0.05) is 17.7 Å². The monoisotopic (exact) mass is 331 g/mol. The quantitative estimate of drug-likeness (QED) is 0.768. The first kappa shape index (κ1) is 18.1. The van der Waals surface area contributed by atoms with Gasteiger partial charge in [0.2, 0.25) is 5.91 Å². The molecule has 0 radical (unpaired) electrons. The summed E-state index contributed by atoms with van der Waals surface area (Å²) in [6.45, 7) is 1.95. The second kappa shape index (κ2) is 9.18. The molecule has 0 saturated heterocycles. The van der Waals surface area contributed by atoms with E-state index >= 15 is 0 Å². The molecule has 2 atom stereocenters. The normalized spacial score (nSPS) is 13.6. The van der Waals surface area contributed by atoms with Crippen LogP contribution in [0.15, 0.2) is 18.2 Å². The summed E-state index contributed by atoms with van der Waals surface area (Å²) in [6, 6.07) is 5.46. The lowest BCUT2D eigenvalue weighted by atomic mass is 10.1. The molecule has 2 unspecified atom stereocenters. The molecule has 0 saturated carbocycles. The number of aliphatic hydroxyl groups is 1. The van der Waals surface area contributed by atoms with Crippen LogP contribution in [0.3, 0.4) is 0 Å². The molecule has 21 heavy (non-hydrogen) atoms. The minimum Gasteiger partial charge on any atom is -0.495 e. The first-order chi connectivity index (χ1) is 10.0. The lowest BCUT2D eigenvalue weighted by molar-refractivity contribution is -0.121. The highest BCUT2D eigenvalue weighted by Crippen LogP contribution is 2.25. The van der Waals surface area contributed by atoms with E-state index in [1.165, 1.54) is 0 Å². The van der Waals surface area contributed by atoms with Crippen LogP contribution in [0.1, 0.15) is 18.9 Å². The van der Waals surface area contributed by atoms with Gasteiger partial charge in [-0.05, 0) is 37.3 Å². The predicted octanol–water partition coefficient (Wildman–Crippen LogP) is 2.51. The van der Waals surface area contributed by atoms with Crippen LogP contribution in [-0.4, -0.2) is 42.3 Å². The zero-order chi connectivity index (χ0) is 15.8. The molecule has 0 aliphatic carbocycles. The van der Waals surface area contributed by atoms with Gasteiger partial charge in [0.05, 0.1) is 18.7 Å². The summed E-state index contributed by atoms with van der Waals surface area (Å²) in [4.78, 5) is 11.9. The van der Waals surface area contributed by atoms with E-state index in [9.17, 15) is 9.90 Å². The van der Waals surface area contributed by atoms with E-state index in [-0.39, 0.29) is 23.8 Å². The SMILES string of the molecule is COc1ccc(CCC(=O)NC(C)C(CO)SC)cc1Cl. The Balaban J connectivity index is 2.48. The van der Waals surface area contributed by atoms with Gasteiger partial charge in [-0.2, -0.15) is 11.8 Å². The average molecular weight is 332 g/mol. The maximum Gasteiger partial charge on any atom is 0.220 e. The highest BCUT2D eigenvalue weighted by atomic mass is 35.5. The molecule has 0 aliphatic rings. The third kappa shape index (κ3) is 5.77. The number of amides is 1. The fraction of sp³-hybridized carbons (Fsp3) is 0.533. The number of carbonyl (C=O) groups is 1. The summed E-state index contributed by atoms with van der Waals surface area (Å²) in [5, 5.41) is 12.7. The number of nitrogens with one attached hydrogen (secondary N) is 1. The lowest BCUT2D eigenvalue weighted by Crippen LogP contribution is -2.41. The number of aryl methyl sites for hydroxylation is 1. The van der Waals surface area contributed by atoms with E-state index in [2.05, 4.69) is 5.32 Å². The molecular formula is C15H22ClNO3S. The van der Waals surface area contributed by atoms with Crippen molar-refractivity contribution in [2.75, 3.05) is 20.0 Å². The van der Waals surface area contributed by atoms with E-state index in [4.69, 9.17) is 16.3 Å². The molecule has 4 nitrogen and oxygen atoms in total.